The summed E-state index contributed by atoms with van der Waals surface area (Å²) in [5.41, 5.74) is 7.23. The third kappa shape index (κ3) is 3.21. The Kier molecular flexibility index (Phi) is 3.84. The maximum atomic E-state index is 12.0. The van der Waals surface area contributed by atoms with Crippen molar-refractivity contribution in [3.05, 3.63) is 51.7 Å². The summed E-state index contributed by atoms with van der Waals surface area (Å²) in [6.07, 6.45) is 1.49. The fourth-order valence-corrected chi connectivity index (χ4v) is 2.02. The van der Waals surface area contributed by atoms with Gasteiger partial charge in [0.2, 0.25) is 0 Å². The average molecular weight is 327 g/mol. The lowest BCUT2D eigenvalue weighted by Gasteiger charge is -2.06. The van der Waals surface area contributed by atoms with Gasteiger partial charge in [-0.05, 0) is 30.3 Å². The molecule has 0 unspecified atom stereocenters. The number of hydrogen-bond acceptors (Lipinski definition) is 3. The van der Waals surface area contributed by atoms with Crippen molar-refractivity contribution in [3.8, 4) is 0 Å². The Balaban J connectivity index is 2.19. The first-order valence-corrected chi connectivity index (χ1v) is 6.20. The van der Waals surface area contributed by atoms with Gasteiger partial charge in [-0.1, -0.05) is 27.5 Å². The molecule has 3 N–H and O–H groups in total. The van der Waals surface area contributed by atoms with Gasteiger partial charge in [0.15, 0.2) is 0 Å². The van der Waals surface area contributed by atoms with Crippen molar-refractivity contribution in [1.29, 1.82) is 0 Å². The summed E-state index contributed by atoms with van der Waals surface area (Å²) < 4.78 is 0.752. The summed E-state index contributed by atoms with van der Waals surface area (Å²) in [7, 11) is 0. The number of nitrogens with zero attached hydrogens (tertiary/aromatic N) is 1. The second-order valence-corrected chi connectivity index (χ2v) is 4.90. The van der Waals surface area contributed by atoms with E-state index in [0.717, 1.165) is 4.47 Å². The molecular weight excluding hydrogens is 318 g/mol. The van der Waals surface area contributed by atoms with Crippen LogP contribution in [0.1, 0.15) is 10.4 Å². The molecule has 0 radical (unpaired) electrons. The first kappa shape index (κ1) is 12.9. The van der Waals surface area contributed by atoms with Crippen LogP contribution in [-0.4, -0.2) is 10.9 Å². The van der Waals surface area contributed by atoms with Gasteiger partial charge in [-0.25, -0.2) is 4.98 Å². The normalized spacial score (nSPS) is 10.1. The minimum absolute atomic E-state index is 0.257. The van der Waals surface area contributed by atoms with Crippen molar-refractivity contribution < 1.29 is 4.79 Å². The molecule has 0 saturated heterocycles. The number of halogens is 2. The molecule has 2 rings (SSSR count). The zero-order chi connectivity index (χ0) is 13.1. The lowest BCUT2D eigenvalue weighted by Crippen LogP contribution is -2.12. The van der Waals surface area contributed by atoms with E-state index in [-0.39, 0.29) is 5.91 Å². The van der Waals surface area contributed by atoms with Crippen LogP contribution < -0.4 is 11.1 Å². The Morgan fingerprint density at radius 3 is 2.72 bits per heavy atom. The van der Waals surface area contributed by atoms with Crippen LogP contribution in [0.5, 0.6) is 0 Å². The van der Waals surface area contributed by atoms with E-state index < -0.39 is 0 Å². The van der Waals surface area contributed by atoms with E-state index in [4.69, 9.17) is 17.3 Å². The number of nitrogen functional groups attached to an aromatic ring is 1. The van der Waals surface area contributed by atoms with Crippen LogP contribution in [-0.2, 0) is 0 Å². The Labute approximate surface area is 117 Å². The summed E-state index contributed by atoms with van der Waals surface area (Å²) in [6.45, 7) is 0. The molecule has 0 spiro atoms. The number of pyridine rings is 1. The highest BCUT2D eigenvalue weighted by Gasteiger charge is 2.08. The predicted molar refractivity (Wildman–Crippen MR) is 75.8 cm³/mol. The van der Waals surface area contributed by atoms with Gasteiger partial charge in [-0.3, -0.25) is 4.79 Å². The summed E-state index contributed by atoms with van der Waals surface area (Å²) in [5, 5.41) is 3.08. The van der Waals surface area contributed by atoms with Gasteiger partial charge in [0, 0.05) is 15.7 Å². The summed E-state index contributed by atoms with van der Waals surface area (Å²) in [5.74, 6) is -0.257. The minimum atomic E-state index is -0.257. The SMILES string of the molecule is Nc1cc(Br)cc(C(=O)Nc2ccc(Cl)nc2)c1. The summed E-state index contributed by atoms with van der Waals surface area (Å²) in [4.78, 5) is 15.8. The zero-order valence-corrected chi connectivity index (χ0v) is 11.5. The van der Waals surface area contributed by atoms with Gasteiger partial charge < -0.3 is 11.1 Å². The second kappa shape index (κ2) is 5.37. The molecule has 0 aliphatic rings. The molecule has 0 saturated carbocycles. The maximum Gasteiger partial charge on any atom is 0.255 e. The van der Waals surface area contributed by atoms with Gasteiger partial charge in [-0.15, -0.1) is 0 Å². The van der Waals surface area contributed by atoms with E-state index in [2.05, 4.69) is 26.2 Å². The van der Waals surface area contributed by atoms with E-state index in [0.29, 0.717) is 22.1 Å². The monoisotopic (exact) mass is 325 g/mol. The summed E-state index contributed by atoms with van der Waals surface area (Å²) >= 11 is 8.95. The van der Waals surface area contributed by atoms with E-state index in [9.17, 15) is 4.79 Å². The lowest BCUT2D eigenvalue weighted by atomic mass is 10.2. The van der Waals surface area contributed by atoms with E-state index in [1.54, 1.807) is 30.3 Å². The van der Waals surface area contributed by atoms with Crippen LogP contribution >= 0.6 is 27.5 Å². The maximum absolute atomic E-state index is 12.0. The lowest BCUT2D eigenvalue weighted by molar-refractivity contribution is 0.102. The molecule has 1 aromatic heterocycles. The van der Waals surface area contributed by atoms with Crippen molar-refractivity contribution in [1.82, 2.24) is 4.98 Å². The van der Waals surface area contributed by atoms with E-state index in [1.807, 2.05) is 0 Å². The highest BCUT2D eigenvalue weighted by molar-refractivity contribution is 9.10. The molecule has 2 aromatic rings. The molecule has 0 atom stereocenters. The molecule has 1 aromatic carbocycles. The molecule has 0 aliphatic heterocycles. The summed E-state index contributed by atoms with van der Waals surface area (Å²) in [6, 6.07) is 8.29. The molecule has 92 valence electrons. The largest absolute Gasteiger partial charge is 0.399 e. The fraction of sp³-hybridized carbons (Fsp3) is 0. The Hall–Kier alpha value is -1.59. The Morgan fingerprint density at radius 1 is 1.33 bits per heavy atom. The first-order chi connectivity index (χ1) is 8.54. The number of aromatic nitrogens is 1. The molecule has 18 heavy (non-hydrogen) atoms. The molecular formula is C12H9BrClN3O. The minimum Gasteiger partial charge on any atom is -0.399 e. The number of nitrogens with one attached hydrogen (secondary N) is 1. The smallest absolute Gasteiger partial charge is 0.255 e. The number of amides is 1. The van der Waals surface area contributed by atoms with Crippen LogP contribution in [0, 0.1) is 0 Å². The topological polar surface area (TPSA) is 68.0 Å². The quantitative estimate of drug-likeness (QED) is 0.657. The van der Waals surface area contributed by atoms with Crippen LogP contribution in [0.25, 0.3) is 0 Å². The molecule has 6 heteroatoms. The predicted octanol–water partition coefficient (Wildman–Crippen LogP) is 3.33. The van der Waals surface area contributed by atoms with E-state index >= 15 is 0 Å². The van der Waals surface area contributed by atoms with Gasteiger partial charge in [-0.2, -0.15) is 0 Å². The molecule has 1 heterocycles. The van der Waals surface area contributed by atoms with Gasteiger partial charge in [0.05, 0.1) is 11.9 Å². The number of anilines is 2. The van der Waals surface area contributed by atoms with Crippen molar-refractivity contribution >= 4 is 44.8 Å². The number of benzene rings is 1. The molecule has 0 bridgehead atoms. The van der Waals surface area contributed by atoms with Gasteiger partial charge in [0.1, 0.15) is 5.15 Å². The van der Waals surface area contributed by atoms with Crippen LogP contribution in [0.4, 0.5) is 11.4 Å². The third-order valence-corrected chi connectivity index (χ3v) is 2.85. The van der Waals surface area contributed by atoms with Crippen molar-refractivity contribution in [2.45, 2.75) is 0 Å². The van der Waals surface area contributed by atoms with E-state index in [1.165, 1.54) is 6.20 Å². The Bertz CT molecular complexity index is 566. The third-order valence-electron chi connectivity index (χ3n) is 2.17. The molecule has 0 fully saturated rings. The number of carbonyl (C=O) groups excluding carboxylic acids is 1. The van der Waals surface area contributed by atoms with Crippen molar-refractivity contribution in [2.24, 2.45) is 0 Å². The van der Waals surface area contributed by atoms with Crippen LogP contribution in [0.15, 0.2) is 41.0 Å². The first-order valence-electron chi connectivity index (χ1n) is 5.03. The number of carbonyl (C=O) groups is 1. The molecule has 1 amide bonds. The highest BCUT2D eigenvalue weighted by Crippen LogP contribution is 2.18. The second-order valence-electron chi connectivity index (χ2n) is 3.60. The average Bonchev–Trinajstić information content (AvgIpc) is 2.31. The number of nitrogens with two attached hydrogens (primary N) is 1. The van der Waals surface area contributed by atoms with Gasteiger partial charge >= 0.3 is 0 Å². The zero-order valence-electron chi connectivity index (χ0n) is 9.15. The van der Waals surface area contributed by atoms with Crippen LogP contribution in [0.2, 0.25) is 5.15 Å². The standard InChI is InChI=1S/C12H9BrClN3O/c13-8-3-7(4-9(15)5-8)12(18)17-10-1-2-11(14)16-6-10/h1-6H,15H2,(H,17,18). The van der Waals surface area contributed by atoms with Gasteiger partial charge in [0.25, 0.3) is 5.91 Å². The fourth-order valence-electron chi connectivity index (χ4n) is 1.40. The van der Waals surface area contributed by atoms with Crippen molar-refractivity contribution in [3.63, 3.8) is 0 Å². The Morgan fingerprint density at radius 2 is 2.11 bits per heavy atom. The van der Waals surface area contributed by atoms with Crippen molar-refractivity contribution in [2.75, 3.05) is 11.1 Å². The highest BCUT2D eigenvalue weighted by atomic mass is 79.9. The number of hydrogen-bond donors (Lipinski definition) is 2. The molecule has 4 nitrogen and oxygen atoms in total. The molecule has 0 aliphatic carbocycles. The van der Waals surface area contributed by atoms with Crippen LogP contribution in [0.3, 0.4) is 0 Å². The number of rotatable bonds is 2.